The third-order valence-electron chi connectivity index (χ3n) is 1.67. The summed E-state index contributed by atoms with van der Waals surface area (Å²) < 4.78 is 25.0. The van der Waals surface area contributed by atoms with Gasteiger partial charge in [0.25, 0.3) is 5.92 Å². The standard InChI is InChI=1S/C6H9F2NO2/c7-6(8)1-4(5(10)11)2-9-3-6/h4,9H,1-3H2,(H,10,11)/t4-/m0/s1. The molecule has 0 bridgehead atoms. The van der Waals surface area contributed by atoms with Gasteiger partial charge in [-0.15, -0.1) is 0 Å². The van der Waals surface area contributed by atoms with Gasteiger partial charge in [0, 0.05) is 13.0 Å². The van der Waals surface area contributed by atoms with Crippen LogP contribution in [-0.4, -0.2) is 30.1 Å². The van der Waals surface area contributed by atoms with E-state index in [0.717, 1.165) is 0 Å². The molecule has 64 valence electrons. The van der Waals surface area contributed by atoms with Crippen molar-refractivity contribution in [3.8, 4) is 0 Å². The second kappa shape index (κ2) is 2.73. The molecule has 0 aromatic carbocycles. The van der Waals surface area contributed by atoms with Crippen molar-refractivity contribution in [2.24, 2.45) is 5.92 Å². The summed E-state index contributed by atoms with van der Waals surface area (Å²) in [7, 11) is 0. The van der Waals surface area contributed by atoms with E-state index in [1.807, 2.05) is 0 Å². The fourth-order valence-corrected chi connectivity index (χ4v) is 1.11. The van der Waals surface area contributed by atoms with Crippen LogP contribution in [0.4, 0.5) is 8.78 Å². The topological polar surface area (TPSA) is 49.3 Å². The normalized spacial score (nSPS) is 29.8. The van der Waals surface area contributed by atoms with Crippen LogP contribution in [-0.2, 0) is 4.79 Å². The molecule has 1 fully saturated rings. The van der Waals surface area contributed by atoms with Gasteiger partial charge in [0.2, 0.25) is 0 Å². The van der Waals surface area contributed by atoms with Crippen LogP contribution in [0.5, 0.6) is 0 Å². The maximum Gasteiger partial charge on any atom is 0.308 e. The lowest BCUT2D eigenvalue weighted by molar-refractivity contribution is -0.147. The maximum absolute atomic E-state index is 12.5. The number of hydrogen-bond donors (Lipinski definition) is 2. The zero-order valence-electron chi connectivity index (χ0n) is 5.81. The summed E-state index contributed by atoms with van der Waals surface area (Å²) in [4.78, 5) is 10.3. The lowest BCUT2D eigenvalue weighted by atomic mass is 9.97. The molecule has 0 aromatic heterocycles. The predicted molar refractivity (Wildman–Crippen MR) is 33.6 cm³/mol. The molecule has 0 unspecified atom stereocenters. The summed E-state index contributed by atoms with van der Waals surface area (Å²) in [6.07, 6.45) is -0.546. The number of nitrogens with one attached hydrogen (secondary N) is 1. The number of carboxylic acids is 1. The highest BCUT2D eigenvalue weighted by Crippen LogP contribution is 2.25. The molecule has 1 rings (SSSR count). The molecular formula is C6H9F2NO2. The number of aliphatic carboxylic acids is 1. The Kier molecular flexibility index (Phi) is 2.08. The Morgan fingerprint density at radius 3 is 2.64 bits per heavy atom. The Morgan fingerprint density at radius 1 is 1.64 bits per heavy atom. The van der Waals surface area contributed by atoms with Gasteiger partial charge >= 0.3 is 5.97 Å². The van der Waals surface area contributed by atoms with Crippen molar-refractivity contribution in [2.45, 2.75) is 12.3 Å². The molecule has 0 aromatic rings. The van der Waals surface area contributed by atoms with Crippen LogP contribution >= 0.6 is 0 Å². The number of rotatable bonds is 1. The van der Waals surface area contributed by atoms with E-state index < -0.39 is 30.8 Å². The van der Waals surface area contributed by atoms with Crippen LogP contribution in [0.2, 0.25) is 0 Å². The van der Waals surface area contributed by atoms with Crippen molar-refractivity contribution in [1.82, 2.24) is 5.32 Å². The smallest absolute Gasteiger partial charge is 0.308 e. The van der Waals surface area contributed by atoms with E-state index in [9.17, 15) is 13.6 Å². The van der Waals surface area contributed by atoms with Gasteiger partial charge in [-0.2, -0.15) is 0 Å². The van der Waals surface area contributed by atoms with E-state index in [2.05, 4.69) is 5.32 Å². The lowest BCUT2D eigenvalue weighted by Crippen LogP contribution is -2.46. The van der Waals surface area contributed by atoms with Gasteiger partial charge in [-0.1, -0.05) is 0 Å². The molecule has 0 amide bonds. The molecule has 11 heavy (non-hydrogen) atoms. The molecular weight excluding hydrogens is 156 g/mol. The molecule has 1 aliphatic rings. The van der Waals surface area contributed by atoms with Crippen LogP contribution < -0.4 is 5.32 Å². The van der Waals surface area contributed by atoms with Crippen molar-refractivity contribution in [1.29, 1.82) is 0 Å². The zero-order valence-corrected chi connectivity index (χ0v) is 5.81. The Hall–Kier alpha value is -0.710. The highest BCUT2D eigenvalue weighted by atomic mass is 19.3. The number of piperidine rings is 1. The fraction of sp³-hybridized carbons (Fsp3) is 0.833. The quantitative estimate of drug-likeness (QED) is 0.588. The largest absolute Gasteiger partial charge is 0.481 e. The third kappa shape index (κ3) is 2.11. The summed E-state index contributed by atoms with van der Waals surface area (Å²) in [5.41, 5.74) is 0. The first kappa shape index (κ1) is 8.39. The Bertz CT molecular complexity index is 172. The molecule has 1 atom stereocenters. The average molecular weight is 165 g/mol. The second-order valence-electron chi connectivity index (χ2n) is 2.73. The first-order valence-electron chi connectivity index (χ1n) is 3.33. The minimum atomic E-state index is -2.86. The minimum Gasteiger partial charge on any atom is -0.481 e. The number of carboxylic acid groups (broad SMARTS) is 1. The molecule has 2 N–H and O–H groups in total. The first-order valence-corrected chi connectivity index (χ1v) is 3.33. The summed E-state index contributed by atoms with van der Waals surface area (Å²) in [5, 5.41) is 10.8. The highest BCUT2D eigenvalue weighted by molar-refractivity contribution is 5.70. The Labute approximate surface area is 62.4 Å². The average Bonchev–Trinajstić information content (AvgIpc) is 1.85. The van der Waals surface area contributed by atoms with E-state index in [1.54, 1.807) is 0 Å². The van der Waals surface area contributed by atoms with Gasteiger partial charge in [-0.25, -0.2) is 8.78 Å². The molecule has 0 radical (unpaired) electrons. The molecule has 0 saturated carbocycles. The van der Waals surface area contributed by atoms with Crippen molar-refractivity contribution in [3.63, 3.8) is 0 Å². The van der Waals surface area contributed by atoms with Crippen LogP contribution in [0, 0.1) is 5.92 Å². The van der Waals surface area contributed by atoms with Gasteiger partial charge in [0.15, 0.2) is 0 Å². The number of alkyl halides is 2. The van der Waals surface area contributed by atoms with Gasteiger partial charge < -0.3 is 10.4 Å². The third-order valence-corrected chi connectivity index (χ3v) is 1.67. The van der Waals surface area contributed by atoms with Crippen molar-refractivity contribution < 1.29 is 18.7 Å². The summed E-state index contributed by atoms with van der Waals surface area (Å²) in [6, 6.07) is 0. The van der Waals surface area contributed by atoms with Gasteiger partial charge in [-0.3, -0.25) is 4.79 Å². The predicted octanol–water partition coefficient (Wildman–Crippen LogP) is 0.316. The van der Waals surface area contributed by atoms with Crippen molar-refractivity contribution in [3.05, 3.63) is 0 Å². The number of halogens is 2. The van der Waals surface area contributed by atoms with Crippen molar-refractivity contribution in [2.75, 3.05) is 13.1 Å². The van der Waals surface area contributed by atoms with E-state index in [-0.39, 0.29) is 6.54 Å². The van der Waals surface area contributed by atoms with Crippen LogP contribution in [0.15, 0.2) is 0 Å². The summed E-state index contributed by atoms with van der Waals surface area (Å²) in [5.74, 6) is -4.96. The van der Waals surface area contributed by atoms with E-state index in [4.69, 9.17) is 5.11 Å². The molecule has 5 heteroatoms. The number of carbonyl (C=O) groups is 1. The van der Waals surface area contributed by atoms with Crippen LogP contribution in [0.3, 0.4) is 0 Å². The van der Waals surface area contributed by atoms with E-state index >= 15 is 0 Å². The number of hydrogen-bond acceptors (Lipinski definition) is 2. The minimum absolute atomic E-state index is 0.144. The molecule has 3 nitrogen and oxygen atoms in total. The van der Waals surface area contributed by atoms with Gasteiger partial charge in [0.1, 0.15) is 0 Å². The van der Waals surface area contributed by atoms with Gasteiger partial charge in [-0.05, 0) is 0 Å². The van der Waals surface area contributed by atoms with Crippen LogP contribution in [0.1, 0.15) is 6.42 Å². The maximum atomic E-state index is 12.5. The SMILES string of the molecule is O=C(O)[C@@H]1CNCC(F)(F)C1. The Balaban J connectivity index is 2.53. The highest BCUT2D eigenvalue weighted by Gasteiger charge is 2.39. The Morgan fingerprint density at radius 2 is 2.27 bits per heavy atom. The fourth-order valence-electron chi connectivity index (χ4n) is 1.11. The lowest BCUT2D eigenvalue weighted by Gasteiger charge is -2.26. The molecule has 0 spiro atoms. The molecule has 1 saturated heterocycles. The first-order chi connectivity index (χ1) is 5.01. The molecule has 0 aliphatic carbocycles. The van der Waals surface area contributed by atoms with Gasteiger partial charge in [0.05, 0.1) is 12.5 Å². The summed E-state index contributed by atoms with van der Waals surface area (Å²) in [6.45, 7) is -0.262. The van der Waals surface area contributed by atoms with Crippen molar-refractivity contribution >= 4 is 5.97 Å². The monoisotopic (exact) mass is 165 g/mol. The van der Waals surface area contributed by atoms with E-state index in [1.165, 1.54) is 0 Å². The van der Waals surface area contributed by atoms with E-state index in [0.29, 0.717) is 0 Å². The second-order valence-corrected chi connectivity index (χ2v) is 2.73. The van der Waals surface area contributed by atoms with Crippen LogP contribution in [0.25, 0.3) is 0 Å². The zero-order chi connectivity index (χ0) is 8.48. The summed E-state index contributed by atoms with van der Waals surface area (Å²) >= 11 is 0. The molecule has 1 aliphatic heterocycles. The molecule has 1 heterocycles.